The molecule has 1 N–H and O–H groups in total. The van der Waals surface area contributed by atoms with Gasteiger partial charge in [0.25, 0.3) is 5.91 Å². The van der Waals surface area contributed by atoms with E-state index in [1.165, 1.54) is 28.6 Å². The van der Waals surface area contributed by atoms with Crippen LogP contribution in [0.1, 0.15) is 54.6 Å². The van der Waals surface area contributed by atoms with Crippen molar-refractivity contribution in [3.05, 3.63) is 59.7 Å². The highest BCUT2D eigenvalue weighted by Gasteiger charge is 2.26. The van der Waals surface area contributed by atoms with Gasteiger partial charge in [0, 0.05) is 24.9 Å². The minimum absolute atomic E-state index is 0.118. The summed E-state index contributed by atoms with van der Waals surface area (Å²) in [6.45, 7) is 2.78. The highest BCUT2D eigenvalue weighted by Crippen LogP contribution is 2.22. The fourth-order valence-corrected chi connectivity index (χ4v) is 5.79. The minimum atomic E-state index is -3.64. The fraction of sp³-hybridized carbons (Fsp3) is 0.409. The molecule has 0 aliphatic carbocycles. The van der Waals surface area contributed by atoms with Gasteiger partial charge < -0.3 is 5.32 Å². The molecule has 0 bridgehead atoms. The SMILES string of the molecule is C[C@@H](NC(=O)c1cccc(S(=O)(=O)N2CCCCCC2)c1)c1ccc(S(C)(=O)=O)cc1. The third-order valence-electron chi connectivity index (χ3n) is 5.45. The van der Waals surface area contributed by atoms with Crippen LogP contribution in [-0.2, 0) is 19.9 Å². The first kappa shape index (κ1) is 23.4. The highest BCUT2D eigenvalue weighted by molar-refractivity contribution is 7.90. The Labute approximate surface area is 184 Å². The van der Waals surface area contributed by atoms with Crippen LogP contribution in [0.5, 0.6) is 0 Å². The first-order valence-corrected chi connectivity index (χ1v) is 13.6. The Morgan fingerprint density at radius 1 is 0.903 bits per heavy atom. The standard InChI is InChI=1S/C22H28N2O5S2/c1-17(18-10-12-20(13-11-18)30(2,26)27)23-22(25)19-8-7-9-21(16-19)31(28,29)24-14-5-3-4-6-15-24/h7-13,16-17H,3-6,14-15H2,1-2H3,(H,23,25)/t17-/m1/s1. The number of sulfone groups is 1. The van der Waals surface area contributed by atoms with Gasteiger partial charge in [0.1, 0.15) is 0 Å². The predicted molar refractivity (Wildman–Crippen MR) is 119 cm³/mol. The number of nitrogens with zero attached hydrogens (tertiary/aromatic N) is 1. The molecule has 0 spiro atoms. The smallest absolute Gasteiger partial charge is 0.251 e. The molecule has 1 aliphatic rings. The van der Waals surface area contributed by atoms with Crippen molar-refractivity contribution >= 4 is 25.8 Å². The van der Waals surface area contributed by atoms with E-state index in [0.29, 0.717) is 13.1 Å². The van der Waals surface area contributed by atoms with Crippen molar-refractivity contribution in [2.24, 2.45) is 0 Å². The zero-order valence-corrected chi connectivity index (χ0v) is 19.4. The van der Waals surface area contributed by atoms with E-state index in [-0.39, 0.29) is 21.4 Å². The number of rotatable bonds is 6. The van der Waals surface area contributed by atoms with Gasteiger partial charge in [0.2, 0.25) is 10.0 Å². The Balaban J connectivity index is 1.75. The molecule has 2 aromatic carbocycles. The number of carbonyl (C=O) groups is 1. The topological polar surface area (TPSA) is 101 Å². The average Bonchev–Trinajstić information content (AvgIpc) is 3.03. The maximum atomic E-state index is 13.0. The molecular weight excluding hydrogens is 436 g/mol. The molecule has 168 valence electrons. The maximum Gasteiger partial charge on any atom is 0.251 e. The summed E-state index contributed by atoms with van der Waals surface area (Å²) >= 11 is 0. The van der Waals surface area contributed by atoms with E-state index >= 15 is 0 Å². The van der Waals surface area contributed by atoms with Crippen LogP contribution in [0.25, 0.3) is 0 Å². The number of sulfonamides is 1. The third-order valence-corrected chi connectivity index (χ3v) is 8.48. The van der Waals surface area contributed by atoms with E-state index in [1.807, 2.05) is 0 Å². The van der Waals surface area contributed by atoms with Crippen LogP contribution in [0.3, 0.4) is 0 Å². The summed E-state index contributed by atoms with van der Waals surface area (Å²) in [5.74, 6) is -0.396. The second-order valence-electron chi connectivity index (χ2n) is 7.88. The lowest BCUT2D eigenvalue weighted by Crippen LogP contribution is -2.32. The van der Waals surface area contributed by atoms with E-state index < -0.39 is 25.8 Å². The molecule has 1 amide bonds. The Morgan fingerprint density at radius 3 is 2.10 bits per heavy atom. The molecule has 1 aliphatic heterocycles. The van der Waals surface area contributed by atoms with Gasteiger partial charge in [-0.1, -0.05) is 31.0 Å². The normalized spacial score (nSPS) is 17.0. The van der Waals surface area contributed by atoms with Crippen molar-refractivity contribution in [1.29, 1.82) is 0 Å². The molecule has 1 fully saturated rings. The molecule has 0 unspecified atom stereocenters. The predicted octanol–water partition coefficient (Wildman–Crippen LogP) is 3.15. The largest absolute Gasteiger partial charge is 0.346 e. The Morgan fingerprint density at radius 2 is 1.52 bits per heavy atom. The summed E-state index contributed by atoms with van der Waals surface area (Å²) in [5.41, 5.74) is 1.00. The van der Waals surface area contributed by atoms with Gasteiger partial charge in [0.05, 0.1) is 15.8 Å². The maximum absolute atomic E-state index is 13.0. The number of hydrogen-bond acceptors (Lipinski definition) is 5. The monoisotopic (exact) mass is 464 g/mol. The van der Waals surface area contributed by atoms with E-state index in [9.17, 15) is 21.6 Å². The fourth-order valence-electron chi connectivity index (χ4n) is 3.60. The summed E-state index contributed by atoms with van der Waals surface area (Å²) in [5, 5.41) is 2.84. The van der Waals surface area contributed by atoms with Crippen molar-refractivity contribution in [3.8, 4) is 0 Å². The number of nitrogens with one attached hydrogen (secondary N) is 1. The van der Waals surface area contributed by atoms with E-state index in [1.54, 1.807) is 31.2 Å². The minimum Gasteiger partial charge on any atom is -0.346 e. The van der Waals surface area contributed by atoms with Gasteiger partial charge >= 0.3 is 0 Å². The van der Waals surface area contributed by atoms with Crippen molar-refractivity contribution in [1.82, 2.24) is 9.62 Å². The Hall–Kier alpha value is -2.23. The van der Waals surface area contributed by atoms with E-state index in [0.717, 1.165) is 37.5 Å². The van der Waals surface area contributed by atoms with Crippen LogP contribution in [0.4, 0.5) is 0 Å². The number of hydrogen-bond donors (Lipinski definition) is 1. The van der Waals surface area contributed by atoms with Gasteiger partial charge in [0.15, 0.2) is 9.84 Å². The number of amides is 1. The van der Waals surface area contributed by atoms with Crippen LogP contribution in [0.15, 0.2) is 58.3 Å². The van der Waals surface area contributed by atoms with Crippen LogP contribution < -0.4 is 5.32 Å². The van der Waals surface area contributed by atoms with Gasteiger partial charge in [-0.15, -0.1) is 0 Å². The molecule has 0 aromatic heterocycles. The third kappa shape index (κ3) is 5.72. The van der Waals surface area contributed by atoms with Crippen LogP contribution in [-0.4, -0.2) is 46.4 Å². The zero-order chi connectivity index (χ0) is 22.6. The molecule has 2 aromatic rings. The summed E-state index contributed by atoms with van der Waals surface area (Å²) in [7, 11) is -6.93. The quantitative estimate of drug-likeness (QED) is 0.708. The molecule has 0 radical (unpaired) electrons. The molecular formula is C22H28N2O5S2. The summed E-state index contributed by atoms with van der Waals surface area (Å²) in [6, 6.07) is 12.0. The van der Waals surface area contributed by atoms with Crippen molar-refractivity contribution < 1.29 is 21.6 Å². The molecule has 1 saturated heterocycles. The Kier molecular flexibility index (Phi) is 7.18. The van der Waals surface area contributed by atoms with Crippen molar-refractivity contribution in [3.63, 3.8) is 0 Å². The average molecular weight is 465 g/mol. The first-order chi connectivity index (χ1) is 14.6. The second kappa shape index (κ2) is 9.50. The van der Waals surface area contributed by atoms with Gasteiger partial charge in [-0.25, -0.2) is 16.8 Å². The lowest BCUT2D eigenvalue weighted by Gasteiger charge is -2.20. The zero-order valence-electron chi connectivity index (χ0n) is 17.7. The second-order valence-corrected chi connectivity index (χ2v) is 11.8. The van der Waals surface area contributed by atoms with Gasteiger partial charge in [-0.3, -0.25) is 4.79 Å². The highest BCUT2D eigenvalue weighted by atomic mass is 32.2. The van der Waals surface area contributed by atoms with Crippen molar-refractivity contribution in [2.75, 3.05) is 19.3 Å². The lowest BCUT2D eigenvalue weighted by molar-refractivity contribution is 0.0939. The summed E-state index contributed by atoms with van der Waals surface area (Å²) in [6.07, 6.45) is 4.87. The molecule has 9 heteroatoms. The van der Waals surface area contributed by atoms with Gasteiger partial charge in [-0.05, 0) is 55.7 Å². The molecule has 1 atom stereocenters. The molecule has 3 rings (SSSR count). The summed E-state index contributed by atoms with van der Waals surface area (Å²) in [4.78, 5) is 13.1. The summed E-state index contributed by atoms with van der Waals surface area (Å²) < 4.78 is 50.7. The molecule has 1 heterocycles. The number of carbonyl (C=O) groups excluding carboxylic acids is 1. The first-order valence-electron chi connectivity index (χ1n) is 10.3. The van der Waals surface area contributed by atoms with E-state index in [2.05, 4.69) is 5.32 Å². The van der Waals surface area contributed by atoms with Crippen LogP contribution in [0, 0.1) is 0 Å². The Bertz CT molecular complexity index is 1130. The molecule has 0 saturated carbocycles. The van der Waals surface area contributed by atoms with Crippen LogP contribution >= 0.6 is 0 Å². The van der Waals surface area contributed by atoms with Crippen LogP contribution in [0.2, 0.25) is 0 Å². The van der Waals surface area contributed by atoms with E-state index in [4.69, 9.17) is 0 Å². The molecule has 31 heavy (non-hydrogen) atoms. The lowest BCUT2D eigenvalue weighted by atomic mass is 10.1. The molecule has 7 nitrogen and oxygen atoms in total. The van der Waals surface area contributed by atoms with Gasteiger partial charge in [-0.2, -0.15) is 4.31 Å². The number of benzene rings is 2. The van der Waals surface area contributed by atoms with Crippen molar-refractivity contribution in [2.45, 2.75) is 48.4 Å².